The van der Waals surface area contributed by atoms with E-state index >= 15 is 0 Å². The number of likely N-dealkylation sites (N-methyl/N-ethyl adjacent to an activating group) is 1. The first-order valence-corrected chi connectivity index (χ1v) is 9.41. The van der Waals surface area contributed by atoms with Gasteiger partial charge in [0.15, 0.2) is 0 Å². The van der Waals surface area contributed by atoms with E-state index < -0.39 is 5.82 Å². The van der Waals surface area contributed by atoms with Gasteiger partial charge in [0.05, 0.1) is 5.02 Å². The van der Waals surface area contributed by atoms with Gasteiger partial charge >= 0.3 is 0 Å². The molecule has 0 spiro atoms. The SMILES string of the molecule is CN1CCN(c2ccc(NCCC(=O)Nc3ccc(F)c(Cl)c3)cc2)CC1. The minimum absolute atomic E-state index is 0.00800. The van der Waals surface area contributed by atoms with Crippen molar-refractivity contribution in [2.45, 2.75) is 6.42 Å². The molecule has 2 aromatic carbocycles. The molecule has 0 aliphatic carbocycles. The Labute approximate surface area is 164 Å². The van der Waals surface area contributed by atoms with Crippen LogP contribution in [-0.2, 0) is 4.79 Å². The lowest BCUT2D eigenvalue weighted by Gasteiger charge is -2.34. The van der Waals surface area contributed by atoms with Gasteiger partial charge in [0.1, 0.15) is 5.82 Å². The largest absolute Gasteiger partial charge is 0.385 e. The van der Waals surface area contributed by atoms with Crippen molar-refractivity contribution in [3.05, 3.63) is 53.3 Å². The van der Waals surface area contributed by atoms with Gasteiger partial charge < -0.3 is 20.4 Å². The highest BCUT2D eigenvalue weighted by molar-refractivity contribution is 6.31. The van der Waals surface area contributed by atoms with Gasteiger partial charge in [0.2, 0.25) is 5.91 Å². The Balaban J connectivity index is 1.43. The molecular weight excluding hydrogens is 367 g/mol. The summed E-state index contributed by atoms with van der Waals surface area (Å²) in [6.07, 6.45) is 0.301. The maximum absolute atomic E-state index is 13.1. The summed E-state index contributed by atoms with van der Waals surface area (Å²) < 4.78 is 13.1. The molecule has 0 saturated carbocycles. The maximum atomic E-state index is 13.1. The highest BCUT2D eigenvalue weighted by Gasteiger charge is 2.14. The fourth-order valence-electron chi connectivity index (χ4n) is 2.97. The summed E-state index contributed by atoms with van der Waals surface area (Å²) in [5.74, 6) is -0.657. The van der Waals surface area contributed by atoms with Crippen LogP contribution in [0, 0.1) is 5.82 Å². The number of amides is 1. The van der Waals surface area contributed by atoms with Crippen molar-refractivity contribution >= 4 is 34.6 Å². The van der Waals surface area contributed by atoms with Gasteiger partial charge in [-0.3, -0.25) is 4.79 Å². The van der Waals surface area contributed by atoms with E-state index in [-0.39, 0.29) is 10.9 Å². The van der Waals surface area contributed by atoms with Crippen molar-refractivity contribution < 1.29 is 9.18 Å². The zero-order valence-electron chi connectivity index (χ0n) is 15.3. The molecule has 0 aromatic heterocycles. The molecule has 1 aliphatic heterocycles. The van der Waals surface area contributed by atoms with Crippen LogP contribution in [-0.4, -0.2) is 50.6 Å². The first kappa shape index (κ1) is 19.5. The normalized spacial score (nSPS) is 14.9. The van der Waals surface area contributed by atoms with Crippen molar-refractivity contribution in [2.24, 2.45) is 0 Å². The first-order valence-electron chi connectivity index (χ1n) is 9.03. The molecular formula is C20H24ClFN4O. The monoisotopic (exact) mass is 390 g/mol. The van der Waals surface area contributed by atoms with Gasteiger partial charge in [-0.25, -0.2) is 4.39 Å². The lowest BCUT2D eigenvalue weighted by molar-refractivity contribution is -0.115. The molecule has 1 saturated heterocycles. The van der Waals surface area contributed by atoms with Crippen LogP contribution in [0.1, 0.15) is 6.42 Å². The number of rotatable bonds is 6. The number of nitrogens with one attached hydrogen (secondary N) is 2. The summed E-state index contributed by atoms with van der Waals surface area (Å²) in [5, 5.41) is 5.95. The first-order chi connectivity index (χ1) is 13.0. The van der Waals surface area contributed by atoms with E-state index in [1.54, 1.807) is 0 Å². The Bertz CT molecular complexity index is 776. The van der Waals surface area contributed by atoms with Crippen molar-refractivity contribution in [3.63, 3.8) is 0 Å². The molecule has 1 fully saturated rings. The second-order valence-electron chi connectivity index (χ2n) is 6.69. The molecule has 1 aliphatic rings. The predicted octanol–water partition coefficient (Wildman–Crippen LogP) is 3.67. The van der Waals surface area contributed by atoms with Gasteiger partial charge in [0.25, 0.3) is 0 Å². The minimum atomic E-state index is -0.503. The third-order valence-electron chi connectivity index (χ3n) is 4.62. The number of carbonyl (C=O) groups excluding carboxylic acids is 1. The van der Waals surface area contributed by atoms with Crippen LogP contribution in [0.3, 0.4) is 0 Å². The Morgan fingerprint density at radius 1 is 1.07 bits per heavy atom. The minimum Gasteiger partial charge on any atom is -0.385 e. The van der Waals surface area contributed by atoms with E-state index in [1.165, 1.54) is 23.9 Å². The van der Waals surface area contributed by atoms with E-state index in [9.17, 15) is 9.18 Å². The molecule has 144 valence electrons. The molecule has 2 aromatic rings. The summed E-state index contributed by atoms with van der Waals surface area (Å²) in [6, 6.07) is 12.4. The molecule has 3 rings (SSSR count). The summed E-state index contributed by atoms with van der Waals surface area (Å²) in [5.41, 5.74) is 2.69. The highest BCUT2D eigenvalue weighted by atomic mass is 35.5. The molecule has 1 heterocycles. The standard InChI is InChI=1S/C20H24ClFN4O/c1-25-10-12-26(13-11-25)17-5-2-15(3-6-17)23-9-8-20(27)24-16-4-7-19(22)18(21)14-16/h2-7,14,23H,8-13H2,1H3,(H,24,27). The highest BCUT2D eigenvalue weighted by Crippen LogP contribution is 2.20. The second-order valence-corrected chi connectivity index (χ2v) is 7.10. The Kier molecular flexibility index (Phi) is 6.53. The number of halogens is 2. The molecule has 5 nitrogen and oxygen atoms in total. The van der Waals surface area contributed by atoms with Crippen LogP contribution in [0.25, 0.3) is 0 Å². The summed E-state index contributed by atoms with van der Waals surface area (Å²) in [6.45, 7) is 4.74. The average molecular weight is 391 g/mol. The molecule has 27 heavy (non-hydrogen) atoms. The van der Waals surface area contributed by atoms with Crippen LogP contribution in [0.15, 0.2) is 42.5 Å². The summed E-state index contributed by atoms with van der Waals surface area (Å²) in [4.78, 5) is 16.7. The number of benzene rings is 2. The number of hydrogen-bond donors (Lipinski definition) is 2. The lowest BCUT2D eigenvalue weighted by Crippen LogP contribution is -2.44. The van der Waals surface area contributed by atoms with Gasteiger partial charge in [-0.2, -0.15) is 0 Å². The van der Waals surface area contributed by atoms with Crippen molar-refractivity contribution in [1.29, 1.82) is 0 Å². The number of hydrogen-bond acceptors (Lipinski definition) is 4. The molecule has 2 N–H and O–H groups in total. The maximum Gasteiger partial charge on any atom is 0.226 e. The Morgan fingerprint density at radius 3 is 2.41 bits per heavy atom. The van der Waals surface area contributed by atoms with E-state index in [0.717, 1.165) is 31.9 Å². The molecule has 0 radical (unpaired) electrons. The number of nitrogens with zero attached hydrogens (tertiary/aromatic N) is 2. The van der Waals surface area contributed by atoms with E-state index in [1.807, 2.05) is 12.1 Å². The molecule has 0 unspecified atom stereocenters. The fourth-order valence-corrected chi connectivity index (χ4v) is 3.15. The van der Waals surface area contributed by atoms with Crippen LogP contribution in [0.2, 0.25) is 5.02 Å². The smallest absolute Gasteiger partial charge is 0.226 e. The zero-order chi connectivity index (χ0) is 19.2. The summed E-state index contributed by atoms with van der Waals surface area (Å²) >= 11 is 5.71. The van der Waals surface area contributed by atoms with Gasteiger partial charge in [-0.05, 0) is 49.5 Å². The van der Waals surface area contributed by atoms with Crippen molar-refractivity contribution in [1.82, 2.24) is 4.90 Å². The van der Waals surface area contributed by atoms with Crippen LogP contribution in [0.4, 0.5) is 21.5 Å². The summed E-state index contributed by atoms with van der Waals surface area (Å²) in [7, 11) is 2.14. The van der Waals surface area contributed by atoms with E-state index in [4.69, 9.17) is 11.6 Å². The topological polar surface area (TPSA) is 47.6 Å². The van der Waals surface area contributed by atoms with Gasteiger partial charge in [-0.15, -0.1) is 0 Å². The number of carbonyl (C=O) groups is 1. The van der Waals surface area contributed by atoms with Gasteiger partial charge in [0, 0.05) is 56.2 Å². The number of piperazine rings is 1. The average Bonchev–Trinajstić information content (AvgIpc) is 2.66. The van der Waals surface area contributed by atoms with Crippen LogP contribution < -0.4 is 15.5 Å². The fraction of sp³-hybridized carbons (Fsp3) is 0.350. The van der Waals surface area contributed by atoms with Crippen LogP contribution >= 0.6 is 11.6 Å². The molecule has 7 heteroatoms. The zero-order valence-corrected chi connectivity index (χ0v) is 16.1. The molecule has 0 bridgehead atoms. The molecule has 0 atom stereocenters. The Hall–Kier alpha value is -2.31. The quantitative estimate of drug-likeness (QED) is 0.790. The third-order valence-corrected chi connectivity index (χ3v) is 4.91. The third kappa shape index (κ3) is 5.58. The number of anilines is 3. The van der Waals surface area contributed by atoms with Crippen LogP contribution in [0.5, 0.6) is 0 Å². The van der Waals surface area contributed by atoms with Gasteiger partial charge in [-0.1, -0.05) is 11.6 Å². The second kappa shape index (κ2) is 9.06. The van der Waals surface area contributed by atoms with E-state index in [0.29, 0.717) is 18.7 Å². The van der Waals surface area contributed by atoms with E-state index in [2.05, 4.69) is 39.6 Å². The molecule has 1 amide bonds. The lowest BCUT2D eigenvalue weighted by atomic mass is 10.2. The predicted molar refractivity (Wildman–Crippen MR) is 109 cm³/mol. The Morgan fingerprint density at radius 2 is 1.74 bits per heavy atom. The van der Waals surface area contributed by atoms with Crippen molar-refractivity contribution in [2.75, 3.05) is 55.3 Å². The van der Waals surface area contributed by atoms with Crippen molar-refractivity contribution in [3.8, 4) is 0 Å².